The van der Waals surface area contributed by atoms with Crippen LogP contribution in [0, 0.1) is 11.8 Å². The lowest BCUT2D eigenvalue weighted by atomic mass is 9.96. The summed E-state index contributed by atoms with van der Waals surface area (Å²) in [6, 6.07) is 9.85. The number of hydrogen-bond donors (Lipinski definition) is 2. The van der Waals surface area contributed by atoms with Crippen molar-refractivity contribution in [3.05, 3.63) is 36.5 Å². The third-order valence-electron chi connectivity index (χ3n) is 5.68. The van der Waals surface area contributed by atoms with Gasteiger partial charge in [0.05, 0.1) is 11.0 Å². The summed E-state index contributed by atoms with van der Waals surface area (Å²) in [5.41, 5.74) is 3.53. The van der Waals surface area contributed by atoms with E-state index in [1.807, 2.05) is 47.0 Å². The number of pyridine rings is 1. The number of carbonyl (C=O) groups is 1. The van der Waals surface area contributed by atoms with Gasteiger partial charge in [-0.1, -0.05) is 13.8 Å². The normalized spacial score (nSPS) is 17.0. The van der Waals surface area contributed by atoms with E-state index in [9.17, 15) is 4.79 Å². The molecule has 8 heteroatoms. The summed E-state index contributed by atoms with van der Waals surface area (Å²) in [4.78, 5) is 18.9. The van der Waals surface area contributed by atoms with Crippen molar-refractivity contribution in [1.82, 2.24) is 25.0 Å². The third kappa shape index (κ3) is 3.18. The number of aromatic amines is 1. The quantitative estimate of drug-likeness (QED) is 0.526. The van der Waals surface area contributed by atoms with Gasteiger partial charge < -0.3 is 5.32 Å². The maximum atomic E-state index is 12.7. The van der Waals surface area contributed by atoms with E-state index >= 15 is 0 Å². The molecule has 1 saturated heterocycles. The van der Waals surface area contributed by atoms with Gasteiger partial charge in [-0.05, 0) is 48.6 Å². The number of H-pyrrole nitrogens is 1. The minimum absolute atomic E-state index is 0.164. The first kappa shape index (κ1) is 18.6. The van der Waals surface area contributed by atoms with Crippen LogP contribution in [0.25, 0.3) is 21.9 Å². The molecule has 1 aliphatic rings. The van der Waals surface area contributed by atoms with Crippen molar-refractivity contribution >= 4 is 45.2 Å². The molecule has 5 rings (SSSR count). The predicted octanol–water partition coefficient (Wildman–Crippen LogP) is 3.99. The molecule has 2 N–H and O–H groups in total. The summed E-state index contributed by atoms with van der Waals surface area (Å²) in [7, 11) is 1.91. The second-order valence-corrected chi connectivity index (χ2v) is 8.48. The predicted molar refractivity (Wildman–Crippen MR) is 118 cm³/mol. The number of anilines is 3. The van der Waals surface area contributed by atoms with Crippen molar-refractivity contribution in [1.29, 1.82) is 0 Å². The van der Waals surface area contributed by atoms with Gasteiger partial charge in [-0.3, -0.25) is 24.5 Å². The summed E-state index contributed by atoms with van der Waals surface area (Å²) in [6.45, 7) is 5.15. The lowest BCUT2D eigenvalue weighted by Gasteiger charge is -2.15. The highest BCUT2D eigenvalue weighted by molar-refractivity contribution is 6.03. The van der Waals surface area contributed by atoms with E-state index in [-0.39, 0.29) is 5.91 Å². The van der Waals surface area contributed by atoms with Crippen LogP contribution < -0.4 is 10.2 Å². The largest absolute Gasteiger partial charge is 0.337 e. The maximum absolute atomic E-state index is 12.7. The number of aromatic nitrogens is 5. The molecule has 0 radical (unpaired) electrons. The zero-order valence-corrected chi connectivity index (χ0v) is 17.4. The van der Waals surface area contributed by atoms with E-state index in [1.54, 1.807) is 6.20 Å². The molecule has 3 aromatic heterocycles. The van der Waals surface area contributed by atoms with Gasteiger partial charge in [0.15, 0.2) is 11.6 Å². The zero-order valence-electron chi connectivity index (χ0n) is 17.4. The highest BCUT2D eigenvalue weighted by atomic mass is 16.2. The summed E-state index contributed by atoms with van der Waals surface area (Å²) in [6.07, 6.45) is 3.42. The molecule has 1 fully saturated rings. The van der Waals surface area contributed by atoms with Gasteiger partial charge >= 0.3 is 0 Å². The molecule has 8 nitrogen and oxygen atoms in total. The van der Waals surface area contributed by atoms with Gasteiger partial charge in [-0.25, -0.2) is 0 Å². The number of rotatable bonds is 5. The first-order chi connectivity index (χ1) is 14.5. The Hall–Kier alpha value is -3.42. The highest BCUT2D eigenvalue weighted by Crippen LogP contribution is 2.34. The van der Waals surface area contributed by atoms with E-state index in [0.717, 1.165) is 46.4 Å². The Labute approximate surface area is 174 Å². The van der Waals surface area contributed by atoms with Crippen molar-refractivity contribution in [3.63, 3.8) is 0 Å². The van der Waals surface area contributed by atoms with Gasteiger partial charge in [-0.2, -0.15) is 10.2 Å². The van der Waals surface area contributed by atoms with E-state index in [2.05, 4.69) is 39.4 Å². The smallest absolute Gasteiger partial charge is 0.228 e. The first-order valence-corrected chi connectivity index (χ1v) is 10.3. The zero-order chi connectivity index (χ0) is 20.8. The van der Waals surface area contributed by atoms with Gasteiger partial charge in [0.1, 0.15) is 5.52 Å². The number of fused-ring (bicyclic) bond motifs is 2. The fraction of sp³-hybridized carbons (Fsp3) is 0.364. The first-order valence-electron chi connectivity index (χ1n) is 10.3. The van der Waals surface area contributed by atoms with E-state index < -0.39 is 0 Å². The number of hydrogen-bond acceptors (Lipinski definition) is 5. The van der Waals surface area contributed by atoms with Crippen molar-refractivity contribution in [2.24, 2.45) is 18.9 Å². The third-order valence-corrected chi connectivity index (χ3v) is 5.68. The summed E-state index contributed by atoms with van der Waals surface area (Å²) in [5.74, 6) is 2.58. The molecule has 30 heavy (non-hydrogen) atoms. The van der Waals surface area contributed by atoms with Crippen LogP contribution in [0.15, 0.2) is 36.5 Å². The molecule has 4 aromatic rings. The molecule has 0 aliphatic carbocycles. The second-order valence-electron chi connectivity index (χ2n) is 8.48. The lowest BCUT2D eigenvalue weighted by molar-refractivity contribution is -0.117. The number of amides is 1. The van der Waals surface area contributed by atoms with Gasteiger partial charge in [0.2, 0.25) is 5.91 Å². The van der Waals surface area contributed by atoms with Gasteiger partial charge in [0, 0.05) is 37.3 Å². The molecule has 154 valence electrons. The molecule has 0 bridgehead atoms. The molecule has 0 spiro atoms. The average molecular weight is 403 g/mol. The molecule has 1 atom stereocenters. The minimum Gasteiger partial charge on any atom is -0.337 e. The summed E-state index contributed by atoms with van der Waals surface area (Å²) in [5, 5.41) is 16.3. The van der Waals surface area contributed by atoms with Crippen LogP contribution in [-0.2, 0) is 11.8 Å². The Balaban J connectivity index is 1.45. The van der Waals surface area contributed by atoms with E-state index in [0.29, 0.717) is 24.1 Å². The van der Waals surface area contributed by atoms with Crippen LogP contribution >= 0.6 is 0 Å². The average Bonchev–Trinajstić information content (AvgIpc) is 3.38. The molecule has 1 aromatic carbocycles. The van der Waals surface area contributed by atoms with Crippen LogP contribution in [0.1, 0.15) is 26.7 Å². The molecular weight excluding hydrogens is 378 g/mol. The summed E-state index contributed by atoms with van der Waals surface area (Å²) < 4.78 is 1.83. The highest BCUT2D eigenvalue weighted by Gasteiger charge is 2.33. The topological polar surface area (TPSA) is 91.7 Å². The number of nitrogens with one attached hydrogen (secondary N) is 2. The van der Waals surface area contributed by atoms with Crippen LogP contribution in [0.3, 0.4) is 0 Å². The number of benzene rings is 1. The molecule has 1 amide bonds. The maximum Gasteiger partial charge on any atom is 0.228 e. The molecule has 0 saturated carbocycles. The van der Waals surface area contributed by atoms with Crippen LogP contribution in [0.5, 0.6) is 0 Å². The van der Waals surface area contributed by atoms with Crippen molar-refractivity contribution in [2.75, 3.05) is 16.8 Å². The molecule has 1 unspecified atom stereocenters. The number of carbonyl (C=O) groups excluding carboxylic acids is 1. The molecular formula is C22H25N7O. The van der Waals surface area contributed by atoms with Crippen molar-refractivity contribution < 1.29 is 4.79 Å². The molecule has 4 heterocycles. The van der Waals surface area contributed by atoms with E-state index in [1.165, 1.54) is 0 Å². The second kappa shape index (κ2) is 7.12. The Kier molecular flexibility index (Phi) is 4.42. The minimum atomic E-state index is 0.164. The van der Waals surface area contributed by atoms with Gasteiger partial charge in [0.25, 0.3) is 0 Å². The monoisotopic (exact) mass is 403 g/mol. The van der Waals surface area contributed by atoms with Crippen LogP contribution in [0.4, 0.5) is 17.3 Å². The fourth-order valence-electron chi connectivity index (χ4n) is 4.40. The van der Waals surface area contributed by atoms with Gasteiger partial charge in [-0.15, -0.1) is 0 Å². The van der Waals surface area contributed by atoms with Crippen molar-refractivity contribution in [2.45, 2.75) is 26.7 Å². The Morgan fingerprint density at radius 3 is 3.00 bits per heavy atom. The molecule has 1 aliphatic heterocycles. The lowest BCUT2D eigenvalue weighted by Crippen LogP contribution is -2.25. The SMILES string of the molecule is CC(C)CC1CC(=O)N(c2nn(C)c3cc(Nc4n[nH]c5cccnc45)ccc23)C1. The summed E-state index contributed by atoms with van der Waals surface area (Å²) >= 11 is 0. The van der Waals surface area contributed by atoms with Crippen LogP contribution in [0.2, 0.25) is 0 Å². The van der Waals surface area contributed by atoms with Crippen molar-refractivity contribution in [3.8, 4) is 0 Å². The van der Waals surface area contributed by atoms with E-state index in [4.69, 9.17) is 0 Å². The standard InChI is InChI=1S/C22H25N7O/c1-13(2)9-14-10-19(30)29(12-14)22-16-7-6-15(11-18(16)28(3)27-22)24-21-20-17(25-26-21)5-4-8-23-20/h4-8,11,13-14H,9-10,12H2,1-3H3,(H2,24,25,26). The Bertz CT molecular complexity index is 1240. The fourth-order valence-corrected chi connectivity index (χ4v) is 4.40. The Morgan fingerprint density at radius 1 is 1.30 bits per heavy atom. The number of nitrogens with zero attached hydrogens (tertiary/aromatic N) is 5. The number of aryl methyl sites for hydroxylation is 1. The Morgan fingerprint density at radius 2 is 2.17 bits per heavy atom. The van der Waals surface area contributed by atoms with Crippen LogP contribution in [-0.4, -0.2) is 37.4 Å².